The molecule has 1 fully saturated rings. The van der Waals surface area contributed by atoms with Gasteiger partial charge in [-0.05, 0) is 12.1 Å². The summed E-state index contributed by atoms with van der Waals surface area (Å²) in [6, 6.07) is 2.56. The lowest BCUT2D eigenvalue weighted by molar-refractivity contribution is 0.103. The van der Waals surface area contributed by atoms with Gasteiger partial charge < -0.3 is 14.7 Å². The van der Waals surface area contributed by atoms with Crippen LogP contribution in [0.15, 0.2) is 28.0 Å². The minimum absolute atomic E-state index is 0.0222. The molecule has 30 heavy (non-hydrogen) atoms. The number of nitrogens with zero attached hydrogens (tertiary/aromatic N) is 2. The maximum atomic E-state index is 13.2. The summed E-state index contributed by atoms with van der Waals surface area (Å²) in [6.45, 7) is 1.34. The van der Waals surface area contributed by atoms with E-state index in [1.807, 2.05) is 0 Å². The molecule has 1 N–H and O–H groups in total. The van der Waals surface area contributed by atoms with Crippen LogP contribution in [0.3, 0.4) is 0 Å². The van der Waals surface area contributed by atoms with Gasteiger partial charge in [0, 0.05) is 50.0 Å². The number of rotatable bonds is 6. The van der Waals surface area contributed by atoms with Crippen LogP contribution in [-0.2, 0) is 37.2 Å². The number of nitrogens with one attached hydrogen (secondary N) is 1. The van der Waals surface area contributed by atoms with Gasteiger partial charge in [-0.15, -0.1) is 0 Å². The van der Waals surface area contributed by atoms with Crippen molar-refractivity contribution in [1.82, 2.24) is 9.78 Å². The van der Waals surface area contributed by atoms with Gasteiger partial charge in [-0.2, -0.15) is 0 Å². The molecule has 1 aliphatic heterocycles. The Balaban J connectivity index is 2.33. The van der Waals surface area contributed by atoms with Gasteiger partial charge in [0.15, 0.2) is 19.7 Å². The predicted molar refractivity (Wildman–Crippen MR) is 111 cm³/mol. The Morgan fingerprint density at radius 1 is 1.10 bits per heavy atom. The van der Waals surface area contributed by atoms with Crippen molar-refractivity contribution in [1.29, 1.82) is 0 Å². The summed E-state index contributed by atoms with van der Waals surface area (Å²) in [6.07, 6.45) is 3.28. The smallest absolute Gasteiger partial charge is 0.277 e. The minimum atomic E-state index is -3.73. The Morgan fingerprint density at radius 2 is 1.73 bits per heavy atom. The minimum Gasteiger partial charge on any atom is -0.378 e. The number of ketones is 1. The molecule has 1 aliphatic rings. The van der Waals surface area contributed by atoms with Gasteiger partial charge in [-0.3, -0.25) is 14.3 Å². The first kappa shape index (κ1) is 22.2. The Labute approximate surface area is 174 Å². The van der Waals surface area contributed by atoms with Crippen LogP contribution in [0.25, 0.3) is 0 Å². The van der Waals surface area contributed by atoms with Crippen LogP contribution in [0, 0.1) is 0 Å². The first-order valence-corrected chi connectivity index (χ1v) is 13.0. The highest BCUT2D eigenvalue weighted by Crippen LogP contribution is 2.35. The van der Waals surface area contributed by atoms with Gasteiger partial charge >= 0.3 is 0 Å². The van der Waals surface area contributed by atoms with Crippen molar-refractivity contribution >= 4 is 31.1 Å². The molecule has 0 amide bonds. The van der Waals surface area contributed by atoms with Gasteiger partial charge in [-0.1, -0.05) is 0 Å². The Morgan fingerprint density at radius 3 is 2.23 bits per heavy atom. The van der Waals surface area contributed by atoms with Gasteiger partial charge in [-0.25, -0.2) is 16.8 Å². The van der Waals surface area contributed by atoms with E-state index in [0.717, 1.165) is 17.2 Å². The second kappa shape index (κ2) is 8.00. The van der Waals surface area contributed by atoms with Crippen molar-refractivity contribution in [2.24, 2.45) is 7.05 Å². The number of carbonyl (C=O) groups excluding carboxylic acids is 1. The number of benzene rings is 1. The molecule has 0 unspecified atom stereocenters. The van der Waals surface area contributed by atoms with E-state index in [1.165, 1.54) is 25.4 Å². The van der Waals surface area contributed by atoms with E-state index in [1.54, 1.807) is 4.90 Å². The molecule has 10 nitrogen and oxygen atoms in total. The summed E-state index contributed by atoms with van der Waals surface area (Å²) < 4.78 is 55.8. The van der Waals surface area contributed by atoms with Crippen LogP contribution in [0.4, 0.5) is 5.69 Å². The zero-order chi connectivity index (χ0) is 22.3. The molecule has 164 valence electrons. The predicted octanol–water partition coefficient (Wildman–Crippen LogP) is -0.271. The first-order chi connectivity index (χ1) is 13.9. The Hall–Kier alpha value is -2.44. The summed E-state index contributed by atoms with van der Waals surface area (Å²) in [5.41, 5.74) is -0.510. The number of anilines is 1. The third-order valence-corrected chi connectivity index (χ3v) is 6.75. The molecule has 0 aliphatic carbocycles. The molecule has 2 aromatic rings. The number of H-pyrrole nitrogens is 1. The number of ether oxygens (including phenoxy) is 1. The van der Waals surface area contributed by atoms with Crippen molar-refractivity contribution in [2.75, 3.05) is 43.7 Å². The van der Waals surface area contributed by atoms with E-state index in [2.05, 4.69) is 5.10 Å². The fourth-order valence-corrected chi connectivity index (χ4v) is 5.17. The van der Waals surface area contributed by atoms with Crippen LogP contribution >= 0.6 is 0 Å². The zero-order valence-electron chi connectivity index (χ0n) is 16.8. The van der Waals surface area contributed by atoms with Gasteiger partial charge in [0.25, 0.3) is 5.56 Å². The van der Waals surface area contributed by atoms with E-state index in [9.17, 15) is 26.4 Å². The largest absolute Gasteiger partial charge is 0.378 e. The summed E-state index contributed by atoms with van der Waals surface area (Å²) >= 11 is 0. The lowest BCUT2D eigenvalue weighted by Crippen LogP contribution is -2.38. The normalized spacial score (nSPS) is 15.4. The van der Waals surface area contributed by atoms with Crippen LogP contribution in [-0.4, -0.2) is 71.2 Å². The highest BCUT2D eigenvalue weighted by atomic mass is 32.2. The molecule has 1 saturated heterocycles. The number of aryl methyl sites for hydroxylation is 1. The molecule has 0 bridgehead atoms. The van der Waals surface area contributed by atoms with Crippen molar-refractivity contribution in [3.05, 3.63) is 45.4 Å². The van der Waals surface area contributed by atoms with E-state index in [4.69, 9.17) is 4.74 Å². The molecule has 0 radical (unpaired) electrons. The van der Waals surface area contributed by atoms with Crippen LogP contribution < -0.4 is 10.5 Å². The van der Waals surface area contributed by atoms with Crippen LogP contribution in [0.2, 0.25) is 0 Å². The Bertz CT molecular complexity index is 1250. The second-order valence-electron chi connectivity index (χ2n) is 7.26. The number of aromatic amines is 1. The van der Waals surface area contributed by atoms with Crippen LogP contribution in [0.1, 0.15) is 21.5 Å². The fourth-order valence-electron chi connectivity index (χ4n) is 3.44. The highest BCUT2D eigenvalue weighted by Gasteiger charge is 2.30. The highest BCUT2D eigenvalue weighted by molar-refractivity contribution is 7.91. The number of sulfone groups is 2. The average Bonchev–Trinajstić information content (AvgIpc) is 2.98. The SMILES string of the molecule is Cn1[nH]cc(C(=O)c2ccc(S(C)(=O)=O)c(N3CCOCC3)c2CS(C)(=O)=O)c1=O. The standard InChI is InChI=1S/C18H23N3O7S2/c1-20-18(23)13(10-19-20)17(22)12-4-5-15(30(3,26)27)16(14(12)11-29(2,24)25)21-6-8-28-9-7-21/h4-5,10,19H,6-9,11H2,1-3H3. The van der Waals surface area contributed by atoms with Gasteiger partial charge in [0.05, 0.1) is 29.5 Å². The number of carbonyl (C=O) groups is 1. The maximum absolute atomic E-state index is 13.2. The molecular formula is C18H23N3O7S2. The fraction of sp³-hybridized carbons (Fsp3) is 0.444. The van der Waals surface area contributed by atoms with E-state index >= 15 is 0 Å². The molecule has 0 saturated carbocycles. The second-order valence-corrected chi connectivity index (χ2v) is 11.4. The lowest BCUT2D eigenvalue weighted by Gasteiger charge is -2.32. The molecule has 12 heteroatoms. The van der Waals surface area contributed by atoms with Crippen LogP contribution in [0.5, 0.6) is 0 Å². The lowest BCUT2D eigenvalue weighted by atomic mass is 9.98. The molecule has 1 aromatic carbocycles. The monoisotopic (exact) mass is 457 g/mol. The third-order valence-electron chi connectivity index (χ3n) is 4.81. The number of morpholine rings is 1. The maximum Gasteiger partial charge on any atom is 0.277 e. The molecule has 2 heterocycles. The average molecular weight is 458 g/mol. The van der Waals surface area contributed by atoms with Crippen molar-refractivity contribution in [3.8, 4) is 0 Å². The number of hydrogen-bond donors (Lipinski definition) is 1. The molecule has 1 aromatic heterocycles. The third kappa shape index (κ3) is 4.50. The topological polar surface area (TPSA) is 136 Å². The molecule has 3 rings (SSSR count). The quantitative estimate of drug-likeness (QED) is 0.586. The summed E-state index contributed by atoms with van der Waals surface area (Å²) in [7, 11) is -5.93. The van der Waals surface area contributed by atoms with E-state index in [0.29, 0.717) is 26.3 Å². The number of hydrogen-bond acceptors (Lipinski definition) is 8. The van der Waals surface area contributed by atoms with E-state index < -0.39 is 36.8 Å². The van der Waals surface area contributed by atoms with Gasteiger partial charge in [0.1, 0.15) is 5.56 Å². The zero-order valence-corrected chi connectivity index (χ0v) is 18.5. The first-order valence-electron chi connectivity index (χ1n) is 9.05. The summed E-state index contributed by atoms with van der Waals surface area (Å²) in [5, 5.41) is 2.61. The Kier molecular flexibility index (Phi) is 5.94. The summed E-state index contributed by atoms with van der Waals surface area (Å²) in [5.74, 6) is -1.22. The number of aromatic nitrogens is 2. The van der Waals surface area contributed by atoms with Gasteiger partial charge in [0.2, 0.25) is 5.78 Å². The molecular weight excluding hydrogens is 434 g/mol. The molecule has 0 atom stereocenters. The van der Waals surface area contributed by atoms with Crippen molar-refractivity contribution in [2.45, 2.75) is 10.6 Å². The van der Waals surface area contributed by atoms with Crippen molar-refractivity contribution < 1.29 is 26.4 Å². The van der Waals surface area contributed by atoms with E-state index in [-0.39, 0.29) is 27.3 Å². The van der Waals surface area contributed by atoms with Crippen molar-refractivity contribution in [3.63, 3.8) is 0 Å². The summed E-state index contributed by atoms with van der Waals surface area (Å²) in [4.78, 5) is 27.1. The molecule has 0 spiro atoms.